The highest BCUT2D eigenvalue weighted by Crippen LogP contribution is 2.43. The van der Waals surface area contributed by atoms with Crippen LogP contribution in [0.2, 0.25) is 0 Å². The van der Waals surface area contributed by atoms with Crippen LogP contribution < -0.4 is 4.90 Å². The van der Waals surface area contributed by atoms with Gasteiger partial charge in [0.2, 0.25) is 0 Å². The molecule has 2 aromatic carbocycles. The van der Waals surface area contributed by atoms with Gasteiger partial charge in [-0.15, -0.1) is 5.10 Å². The standard InChI is InChI=1S/C25H32N4/c1-7-25(5,6)29-24-20-13-9-8-12-19(20)16-28(18(4)17(2)3)22-15-11-10-14-21(22)23(24)26-27-29/h8-15,17-18H,7,16H2,1-6H3. The zero-order valence-electron chi connectivity index (χ0n) is 18.5. The van der Waals surface area contributed by atoms with E-state index >= 15 is 0 Å². The van der Waals surface area contributed by atoms with E-state index in [-0.39, 0.29) is 5.54 Å². The predicted molar refractivity (Wildman–Crippen MR) is 121 cm³/mol. The minimum atomic E-state index is -0.104. The van der Waals surface area contributed by atoms with Gasteiger partial charge in [-0.05, 0) is 44.7 Å². The van der Waals surface area contributed by atoms with Crippen molar-refractivity contribution in [2.24, 2.45) is 5.92 Å². The molecule has 1 aliphatic rings. The smallest absolute Gasteiger partial charge is 0.123 e. The number of rotatable bonds is 4. The van der Waals surface area contributed by atoms with Crippen molar-refractivity contribution in [3.8, 4) is 22.5 Å². The molecule has 0 aliphatic carbocycles. The van der Waals surface area contributed by atoms with E-state index in [2.05, 4.69) is 105 Å². The lowest BCUT2D eigenvalue weighted by Gasteiger charge is -2.37. The molecule has 0 bridgehead atoms. The number of hydrogen-bond acceptors (Lipinski definition) is 3. The van der Waals surface area contributed by atoms with Gasteiger partial charge in [-0.25, -0.2) is 4.68 Å². The quantitative estimate of drug-likeness (QED) is 0.540. The van der Waals surface area contributed by atoms with Crippen LogP contribution in [0.5, 0.6) is 0 Å². The van der Waals surface area contributed by atoms with Gasteiger partial charge in [0.25, 0.3) is 0 Å². The Bertz CT molecular complexity index is 1020. The lowest BCUT2D eigenvalue weighted by Crippen LogP contribution is -2.37. The second-order valence-corrected chi connectivity index (χ2v) is 9.15. The maximum Gasteiger partial charge on any atom is 0.123 e. The molecular weight excluding hydrogens is 356 g/mol. The number of fused-ring (bicyclic) bond motifs is 5. The van der Waals surface area contributed by atoms with Crippen molar-refractivity contribution < 1.29 is 0 Å². The molecule has 29 heavy (non-hydrogen) atoms. The lowest BCUT2D eigenvalue weighted by atomic mass is 9.92. The van der Waals surface area contributed by atoms with Crippen LogP contribution in [0.1, 0.15) is 53.5 Å². The molecule has 4 heteroatoms. The van der Waals surface area contributed by atoms with Gasteiger partial charge in [0.1, 0.15) is 5.69 Å². The fourth-order valence-electron chi connectivity index (χ4n) is 4.08. The predicted octanol–water partition coefficient (Wildman–Crippen LogP) is 6.12. The first-order chi connectivity index (χ1) is 13.8. The molecule has 0 fully saturated rings. The molecule has 1 aromatic heterocycles. The van der Waals surface area contributed by atoms with Gasteiger partial charge < -0.3 is 4.90 Å². The molecule has 4 rings (SSSR count). The van der Waals surface area contributed by atoms with Crippen LogP contribution in [0.25, 0.3) is 22.5 Å². The molecule has 3 aromatic rings. The van der Waals surface area contributed by atoms with Crippen LogP contribution in [-0.2, 0) is 12.1 Å². The van der Waals surface area contributed by atoms with E-state index in [0.717, 1.165) is 24.4 Å². The molecule has 0 amide bonds. The molecule has 4 nitrogen and oxygen atoms in total. The van der Waals surface area contributed by atoms with Crippen LogP contribution in [0, 0.1) is 5.92 Å². The highest BCUT2D eigenvalue weighted by molar-refractivity contribution is 5.88. The first-order valence-corrected chi connectivity index (χ1v) is 10.8. The van der Waals surface area contributed by atoms with E-state index < -0.39 is 0 Å². The summed E-state index contributed by atoms with van der Waals surface area (Å²) in [6.07, 6.45) is 0.989. The minimum absolute atomic E-state index is 0.104. The zero-order valence-corrected chi connectivity index (χ0v) is 18.5. The van der Waals surface area contributed by atoms with Gasteiger partial charge in [-0.3, -0.25) is 0 Å². The van der Waals surface area contributed by atoms with E-state index in [0.29, 0.717) is 12.0 Å². The Labute approximate surface area is 174 Å². The van der Waals surface area contributed by atoms with Gasteiger partial charge in [0, 0.05) is 29.4 Å². The van der Waals surface area contributed by atoms with Gasteiger partial charge in [-0.1, -0.05) is 68.4 Å². The molecule has 0 spiro atoms. The summed E-state index contributed by atoms with van der Waals surface area (Å²) in [4.78, 5) is 2.53. The molecular formula is C25H32N4. The largest absolute Gasteiger partial charge is 0.364 e. The fourth-order valence-corrected chi connectivity index (χ4v) is 4.08. The molecule has 0 saturated carbocycles. The lowest BCUT2D eigenvalue weighted by molar-refractivity contribution is 0.304. The van der Waals surface area contributed by atoms with E-state index in [1.54, 1.807) is 0 Å². The van der Waals surface area contributed by atoms with Gasteiger partial charge in [0.05, 0.1) is 11.2 Å². The van der Waals surface area contributed by atoms with E-state index in [9.17, 15) is 0 Å². The molecule has 0 saturated heterocycles. The van der Waals surface area contributed by atoms with Crippen molar-refractivity contribution in [1.82, 2.24) is 15.0 Å². The topological polar surface area (TPSA) is 34.0 Å². The van der Waals surface area contributed by atoms with Crippen molar-refractivity contribution in [3.05, 3.63) is 54.1 Å². The number of hydrogen-bond donors (Lipinski definition) is 0. The van der Waals surface area contributed by atoms with Gasteiger partial charge in [0.15, 0.2) is 0 Å². The maximum atomic E-state index is 4.74. The normalized spacial score (nSPS) is 14.7. The van der Waals surface area contributed by atoms with Gasteiger partial charge >= 0.3 is 0 Å². The molecule has 2 heterocycles. The average Bonchev–Trinajstić information content (AvgIpc) is 3.16. The maximum absolute atomic E-state index is 4.74. The number of benzene rings is 2. The van der Waals surface area contributed by atoms with Crippen LogP contribution in [0.4, 0.5) is 5.69 Å². The Hall–Kier alpha value is -2.62. The Morgan fingerprint density at radius 1 is 0.966 bits per heavy atom. The molecule has 0 radical (unpaired) electrons. The molecule has 1 aliphatic heterocycles. The van der Waals surface area contributed by atoms with Crippen molar-refractivity contribution in [1.29, 1.82) is 0 Å². The molecule has 152 valence electrons. The Morgan fingerprint density at radius 3 is 2.31 bits per heavy atom. The Morgan fingerprint density at radius 2 is 1.62 bits per heavy atom. The van der Waals surface area contributed by atoms with Gasteiger partial charge in [-0.2, -0.15) is 0 Å². The van der Waals surface area contributed by atoms with Crippen LogP contribution >= 0.6 is 0 Å². The number of aromatic nitrogens is 3. The van der Waals surface area contributed by atoms with Crippen LogP contribution in [-0.4, -0.2) is 21.0 Å². The summed E-state index contributed by atoms with van der Waals surface area (Å²) in [5.41, 5.74) is 6.99. The van der Waals surface area contributed by atoms with Crippen molar-refractivity contribution in [3.63, 3.8) is 0 Å². The fraction of sp³-hybridized carbons (Fsp3) is 0.440. The van der Waals surface area contributed by atoms with E-state index in [4.69, 9.17) is 5.10 Å². The Kier molecular flexibility index (Phi) is 4.97. The first-order valence-electron chi connectivity index (χ1n) is 10.8. The molecule has 1 atom stereocenters. The summed E-state index contributed by atoms with van der Waals surface area (Å²) < 4.78 is 2.14. The van der Waals surface area contributed by atoms with E-state index in [1.807, 2.05) is 0 Å². The van der Waals surface area contributed by atoms with Crippen LogP contribution in [0.15, 0.2) is 48.5 Å². The third-order valence-electron chi connectivity index (χ3n) is 6.65. The average molecular weight is 389 g/mol. The van der Waals surface area contributed by atoms with E-state index in [1.165, 1.54) is 22.4 Å². The Balaban J connectivity index is 2.05. The summed E-state index contributed by atoms with van der Waals surface area (Å²) in [5, 5.41) is 9.41. The summed E-state index contributed by atoms with van der Waals surface area (Å²) in [6.45, 7) is 14.5. The second kappa shape index (κ2) is 7.33. The SMILES string of the molecule is CCC(C)(C)n1nnc2c1-c1ccccc1CN(C(C)C(C)C)c1ccccc1-2. The third-order valence-corrected chi connectivity index (χ3v) is 6.65. The minimum Gasteiger partial charge on any atom is -0.364 e. The second-order valence-electron chi connectivity index (χ2n) is 9.15. The van der Waals surface area contributed by atoms with Crippen molar-refractivity contribution >= 4 is 5.69 Å². The highest BCUT2D eigenvalue weighted by atomic mass is 15.5. The number of nitrogens with zero attached hydrogens (tertiary/aromatic N) is 4. The molecule has 1 unspecified atom stereocenters. The number of anilines is 1. The monoisotopic (exact) mass is 388 g/mol. The number of para-hydroxylation sites is 1. The zero-order chi connectivity index (χ0) is 20.8. The third kappa shape index (κ3) is 3.25. The van der Waals surface area contributed by atoms with Crippen molar-refractivity contribution in [2.45, 2.75) is 66.1 Å². The summed E-state index contributed by atoms with van der Waals surface area (Å²) in [7, 11) is 0. The summed E-state index contributed by atoms with van der Waals surface area (Å²) >= 11 is 0. The molecule has 0 N–H and O–H groups in total. The van der Waals surface area contributed by atoms with Crippen LogP contribution in [0.3, 0.4) is 0 Å². The highest BCUT2D eigenvalue weighted by Gasteiger charge is 2.32. The summed E-state index contributed by atoms with van der Waals surface area (Å²) in [6, 6.07) is 17.8. The summed E-state index contributed by atoms with van der Waals surface area (Å²) in [5.74, 6) is 0.545. The van der Waals surface area contributed by atoms with Crippen molar-refractivity contribution in [2.75, 3.05) is 4.90 Å². The first kappa shape index (κ1) is 19.7.